The SMILES string of the molecule is C=C(C)CSc1sc(C(=O)c2ccc(Br)cc2)c2c(C(=O)OCC)c3cc(C)ccn3c12. The Balaban J connectivity index is 2.05. The van der Waals surface area contributed by atoms with Gasteiger partial charge in [-0.1, -0.05) is 28.1 Å². The predicted molar refractivity (Wildman–Crippen MR) is 137 cm³/mol. The second kappa shape index (κ2) is 9.25. The first-order valence-corrected chi connectivity index (χ1v) is 12.7. The number of benzene rings is 1. The summed E-state index contributed by atoms with van der Waals surface area (Å²) in [6.07, 6.45) is 1.96. The molecule has 4 aromatic rings. The van der Waals surface area contributed by atoms with Gasteiger partial charge in [0.1, 0.15) is 0 Å². The number of rotatable bonds is 7. The number of aromatic nitrogens is 1. The Bertz CT molecular complexity index is 1370. The molecule has 3 aromatic heterocycles. The lowest BCUT2D eigenvalue weighted by atomic mass is 10.1. The molecule has 0 N–H and O–H groups in total. The highest BCUT2D eigenvalue weighted by molar-refractivity contribution is 9.10. The van der Waals surface area contributed by atoms with E-state index >= 15 is 0 Å². The molecule has 0 aliphatic carbocycles. The summed E-state index contributed by atoms with van der Waals surface area (Å²) in [5, 5.41) is 0.663. The quantitative estimate of drug-likeness (QED) is 0.109. The molecule has 4 nitrogen and oxygen atoms in total. The lowest BCUT2D eigenvalue weighted by Gasteiger charge is -2.05. The maximum Gasteiger partial charge on any atom is 0.341 e. The molecule has 7 heteroatoms. The average molecular weight is 528 g/mol. The van der Waals surface area contributed by atoms with Crippen molar-refractivity contribution in [3.63, 3.8) is 0 Å². The minimum absolute atomic E-state index is 0.104. The van der Waals surface area contributed by atoms with Crippen LogP contribution >= 0.6 is 39.0 Å². The number of aryl methyl sites for hydroxylation is 1. The van der Waals surface area contributed by atoms with E-state index < -0.39 is 5.97 Å². The van der Waals surface area contributed by atoms with E-state index in [2.05, 4.69) is 22.5 Å². The number of carbonyl (C=O) groups excluding carboxylic acids is 2. The van der Waals surface area contributed by atoms with Crippen molar-refractivity contribution in [2.75, 3.05) is 12.4 Å². The van der Waals surface area contributed by atoms with Gasteiger partial charge in [-0.3, -0.25) is 4.79 Å². The van der Waals surface area contributed by atoms with Crippen molar-refractivity contribution in [2.45, 2.75) is 25.0 Å². The number of carbonyl (C=O) groups is 2. The molecule has 0 amide bonds. The minimum Gasteiger partial charge on any atom is -0.462 e. The lowest BCUT2D eigenvalue weighted by Crippen LogP contribution is -2.06. The Hall–Kier alpha value is -2.35. The molecule has 32 heavy (non-hydrogen) atoms. The van der Waals surface area contributed by atoms with Crippen LogP contribution in [0, 0.1) is 6.92 Å². The zero-order chi connectivity index (χ0) is 23.0. The van der Waals surface area contributed by atoms with Gasteiger partial charge in [0.05, 0.1) is 32.3 Å². The molecule has 0 saturated heterocycles. The van der Waals surface area contributed by atoms with E-state index in [9.17, 15) is 9.59 Å². The first-order chi connectivity index (χ1) is 15.3. The number of nitrogens with zero attached hydrogens (tertiary/aromatic N) is 1. The van der Waals surface area contributed by atoms with Crippen LogP contribution < -0.4 is 0 Å². The van der Waals surface area contributed by atoms with Gasteiger partial charge in [-0.15, -0.1) is 23.1 Å². The van der Waals surface area contributed by atoms with E-state index in [0.29, 0.717) is 21.4 Å². The molecule has 0 fully saturated rings. The molecule has 1 aromatic carbocycles. The first-order valence-electron chi connectivity index (χ1n) is 10.1. The summed E-state index contributed by atoms with van der Waals surface area (Å²) in [4.78, 5) is 27.3. The van der Waals surface area contributed by atoms with Gasteiger partial charge in [-0.2, -0.15) is 0 Å². The Morgan fingerprint density at radius 3 is 2.59 bits per heavy atom. The molecule has 0 bridgehead atoms. The Labute approximate surface area is 203 Å². The van der Waals surface area contributed by atoms with Crippen LogP contribution in [0.3, 0.4) is 0 Å². The third-order valence-electron chi connectivity index (χ3n) is 4.95. The standard InChI is InChI=1S/C25H22BrNO3S2/c1-5-30-24(29)19-18-12-15(4)10-11-27(18)21-20(19)23(32-25(21)31-13-14(2)3)22(28)16-6-8-17(26)9-7-16/h6-12H,2,5,13H2,1,3-4H3. The van der Waals surface area contributed by atoms with Gasteiger partial charge < -0.3 is 9.14 Å². The molecule has 0 unspecified atom stereocenters. The number of thioether (sulfide) groups is 1. The van der Waals surface area contributed by atoms with Crippen molar-refractivity contribution in [3.8, 4) is 0 Å². The van der Waals surface area contributed by atoms with Gasteiger partial charge in [0.15, 0.2) is 0 Å². The molecule has 0 saturated carbocycles. The molecule has 4 rings (SSSR count). The van der Waals surface area contributed by atoms with Crippen molar-refractivity contribution in [3.05, 3.63) is 80.8 Å². The summed E-state index contributed by atoms with van der Waals surface area (Å²) in [6.45, 7) is 10.0. The van der Waals surface area contributed by atoms with E-state index in [0.717, 1.165) is 36.6 Å². The Morgan fingerprint density at radius 1 is 1.22 bits per heavy atom. The Morgan fingerprint density at radius 2 is 1.94 bits per heavy atom. The number of ketones is 1. The zero-order valence-corrected chi connectivity index (χ0v) is 21.2. The second-order valence-corrected chi connectivity index (χ2v) is 10.8. The number of hydrogen-bond donors (Lipinski definition) is 0. The lowest BCUT2D eigenvalue weighted by molar-refractivity contribution is 0.0531. The van der Waals surface area contributed by atoms with Crippen LogP contribution in [-0.2, 0) is 4.74 Å². The molecular weight excluding hydrogens is 506 g/mol. The number of esters is 1. The number of hydrogen-bond acceptors (Lipinski definition) is 5. The molecule has 0 atom stereocenters. The van der Waals surface area contributed by atoms with Crippen LogP contribution in [0.25, 0.3) is 16.4 Å². The third-order valence-corrected chi connectivity index (χ3v) is 8.15. The molecule has 0 radical (unpaired) electrons. The summed E-state index contributed by atoms with van der Waals surface area (Å²) in [7, 11) is 0. The minimum atomic E-state index is -0.412. The third kappa shape index (κ3) is 4.17. The summed E-state index contributed by atoms with van der Waals surface area (Å²) in [5.74, 6) is 0.215. The normalized spacial score (nSPS) is 11.2. The van der Waals surface area contributed by atoms with E-state index in [1.54, 1.807) is 30.8 Å². The summed E-state index contributed by atoms with van der Waals surface area (Å²) >= 11 is 6.49. The summed E-state index contributed by atoms with van der Waals surface area (Å²) in [5.41, 5.74) is 4.73. The maximum absolute atomic E-state index is 13.6. The highest BCUT2D eigenvalue weighted by atomic mass is 79.9. The van der Waals surface area contributed by atoms with E-state index in [-0.39, 0.29) is 12.4 Å². The van der Waals surface area contributed by atoms with E-state index in [4.69, 9.17) is 4.74 Å². The van der Waals surface area contributed by atoms with E-state index in [1.165, 1.54) is 11.3 Å². The molecule has 0 aliphatic rings. The van der Waals surface area contributed by atoms with Crippen molar-refractivity contribution in [1.29, 1.82) is 0 Å². The molecule has 0 spiro atoms. The maximum atomic E-state index is 13.6. The number of fused-ring (bicyclic) bond motifs is 3. The van der Waals surface area contributed by atoms with Crippen LogP contribution in [0.1, 0.15) is 45.0 Å². The van der Waals surface area contributed by atoms with Crippen LogP contribution in [0.15, 0.2) is 63.4 Å². The number of thiophene rings is 1. The second-order valence-electron chi connectivity index (χ2n) is 7.58. The van der Waals surface area contributed by atoms with Gasteiger partial charge in [-0.25, -0.2) is 4.79 Å². The molecule has 164 valence electrons. The van der Waals surface area contributed by atoms with Crippen molar-refractivity contribution in [1.82, 2.24) is 4.40 Å². The fourth-order valence-corrected chi connectivity index (χ4v) is 6.20. The predicted octanol–water partition coefficient (Wildman–Crippen LogP) is 7.30. The largest absolute Gasteiger partial charge is 0.462 e. The summed E-state index contributed by atoms with van der Waals surface area (Å²) in [6, 6.07) is 11.3. The van der Waals surface area contributed by atoms with Crippen LogP contribution in [0.5, 0.6) is 0 Å². The average Bonchev–Trinajstić information content (AvgIpc) is 3.27. The zero-order valence-electron chi connectivity index (χ0n) is 18.0. The number of halogens is 1. The highest BCUT2D eigenvalue weighted by Crippen LogP contribution is 2.44. The van der Waals surface area contributed by atoms with E-state index in [1.807, 2.05) is 48.7 Å². The van der Waals surface area contributed by atoms with Gasteiger partial charge in [0.2, 0.25) is 5.78 Å². The number of ether oxygens (including phenoxy) is 1. The van der Waals surface area contributed by atoms with Crippen molar-refractivity contribution < 1.29 is 14.3 Å². The molecule has 0 aliphatic heterocycles. The highest BCUT2D eigenvalue weighted by Gasteiger charge is 2.29. The summed E-state index contributed by atoms with van der Waals surface area (Å²) < 4.78 is 9.31. The van der Waals surface area contributed by atoms with Crippen molar-refractivity contribution in [2.24, 2.45) is 0 Å². The van der Waals surface area contributed by atoms with Gasteiger partial charge in [-0.05, 0) is 62.7 Å². The fraction of sp³-hybridized carbons (Fsp3) is 0.200. The smallest absolute Gasteiger partial charge is 0.341 e. The van der Waals surface area contributed by atoms with Crippen LogP contribution in [0.2, 0.25) is 0 Å². The van der Waals surface area contributed by atoms with Crippen LogP contribution in [-0.4, -0.2) is 28.5 Å². The number of pyridine rings is 1. The topological polar surface area (TPSA) is 47.8 Å². The monoisotopic (exact) mass is 527 g/mol. The first kappa shape index (κ1) is 22.8. The van der Waals surface area contributed by atoms with Crippen LogP contribution in [0.4, 0.5) is 0 Å². The van der Waals surface area contributed by atoms with Gasteiger partial charge in [0, 0.05) is 27.4 Å². The molecular formula is C25H22BrNO3S2. The van der Waals surface area contributed by atoms with Gasteiger partial charge in [0.25, 0.3) is 0 Å². The Kier molecular flexibility index (Phi) is 6.60. The van der Waals surface area contributed by atoms with Gasteiger partial charge >= 0.3 is 5.97 Å². The van der Waals surface area contributed by atoms with Crippen molar-refractivity contribution >= 4 is 67.2 Å². The fourth-order valence-electron chi connectivity index (χ4n) is 3.56. The molecule has 3 heterocycles.